The van der Waals surface area contributed by atoms with Gasteiger partial charge in [-0.25, -0.2) is 0 Å². The van der Waals surface area contributed by atoms with Crippen molar-refractivity contribution in [3.63, 3.8) is 0 Å². The monoisotopic (exact) mass is 889 g/mol. The molecule has 10 nitrogen and oxygen atoms in total. The maximum absolute atomic E-state index is 12.8. The van der Waals surface area contributed by atoms with Gasteiger partial charge >= 0.3 is 11.9 Å². The van der Waals surface area contributed by atoms with Crippen LogP contribution in [0, 0.1) is 0 Å². The summed E-state index contributed by atoms with van der Waals surface area (Å²) >= 11 is 0. The summed E-state index contributed by atoms with van der Waals surface area (Å²) in [4.78, 5) is 25.4. The average molecular weight is 889 g/mol. The molecule has 10 heteroatoms. The second-order valence-electron chi connectivity index (χ2n) is 17.2. The minimum Gasteiger partial charge on any atom is -0.462 e. The number of esters is 2. The van der Waals surface area contributed by atoms with Gasteiger partial charge in [0.1, 0.15) is 31.0 Å². The fraction of sp³-hybridized carbons (Fsp3) is 0.774. The Kier molecular flexibility index (Phi) is 40.2. The zero-order valence-corrected chi connectivity index (χ0v) is 39.8. The van der Waals surface area contributed by atoms with Crippen molar-refractivity contribution in [2.24, 2.45) is 0 Å². The summed E-state index contributed by atoms with van der Waals surface area (Å²) in [5, 5.41) is 40.2. The molecule has 364 valence electrons. The molecule has 1 aliphatic heterocycles. The number of hydrogen-bond donors (Lipinski definition) is 4. The topological polar surface area (TPSA) is 152 Å². The van der Waals surface area contributed by atoms with E-state index in [-0.39, 0.29) is 32.0 Å². The van der Waals surface area contributed by atoms with Gasteiger partial charge in [-0.2, -0.15) is 0 Å². The molecule has 1 heterocycles. The van der Waals surface area contributed by atoms with Crippen LogP contribution in [0.3, 0.4) is 0 Å². The van der Waals surface area contributed by atoms with Crippen molar-refractivity contribution in [3.05, 3.63) is 60.8 Å². The Morgan fingerprint density at radius 2 is 0.937 bits per heavy atom. The first-order chi connectivity index (χ1) is 30.8. The van der Waals surface area contributed by atoms with Crippen LogP contribution in [0.25, 0.3) is 0 Å². The zero-order valence-electron chi connectivity index (χ0n) is 39.8. The molecule has 0 aromatic heterocycles. The lowest BCUT2D eigenvalue weighted by Crippen LogP contribution is -2.59. The van der Waals surface area contributed by atoms with Gasteiger partial charge in [0.05, 0.1) is 13.2 Å². The molecule has 1 fully saturated rings. The molecule has 0 bridgehead atoms. The number of rotatable bonds is 42. The van der Waals surface area contributed by atoms with E-state index in [4.69, 9.17) is 18.9 Å². The zero-order chi connectivity index (χ0) is 45.9. The summed E-state index contributed by atoms with van der Waals surface area (Å²) < 4.78 is 22.2. The molecule has 0 aliphatic carbocycles. The molecule has 0 spiro atoms. The molecular weight excluding hydrogens is 797 g/mol. The van der Waals surface area contributed by atoms with Crippen molar-refractivity contribution in [2.75, 3.05) is 19.8 Å². The van der Waals surface area contributed by atoms with Crippen molar-refractivity contribution < 1.29 is 49.0 Å². The van der Waals surface area contributed by atoms with Crippen molar-refractivity contribution in [2.45, 2.75) is 243 Å². The predicted octanol–water partition coefficient (Wildman–Crippen LogP) is 11.8. The number of allylic oxidation sites excluding steroid dienone is 10. The molecule has 1 aliphatic rings. The molecule has 1 saturated heterocycles. The summed E-state index contributed by atoms with van der Waals surface area (Å²) in [6, 6.07) is 0. The van der Waals surface area contributed by atoms with Crippen LogP contribution in [0.2, 0.25) is 0 Å². The van der Waals surface area contributed by atoms with E-state index in [2.05, 4.69) is 74.6 Å². The summed E-state index contributed by atoms with van der Waals surface area (Å²) in [5.41, 5.74) is 0. The second-order valence-corrected chi connectivity index (χ2v) is 17.2. The smallest absolute Gasteiger partial charge is 0.306 e. The second kappa shape index (κ2) is 43.3. The summed E-state index contributed by atoms with van der Waals surface area (Å²) in [6.07, 6.45) is 46.5. The van der Waals surface area contributed by atoms with Gasteiger partial charge in [-0.05, 0) is 77.0 Å². The first kappa shape index (κ1) is 58.4. The highest BCUT2D eigenvalue weighted by molar-refractivity contribution is 5.70. The van der Waals surface area contributed by atoms with Crippen molar-refractivity contribution in [1.82, 2.24) is 0 Å². The first-order valence-electron chi connectivity index (χ1n) is 25.4. The van der Waals surface area contributed by atoms with E-state index in [1.165, 1.54) is 83.5 Å². The highest BCUT2D eigenvalue weighted by Crippen LogP contribution is 2.23. The van der Waals surface area contributed by atoms with Gasteiger partial charge < -0.3 is 39.4 Å². The Morgan fingerprint density at radius 1 is 0.508 bits per heavy atom. The van der Waals surface area contributed by atoms with Gasteiger partial charge in [0.2, 0.25) is 0 Å². The fourth-order valence-electron chi connectivity index (χ4n) is 7.41. The molecule has 6 atom stereocenters. The Morgan fingerprint density at radius 3 is 1.43 bits per heavy atom. The molecule has 6 unspecified atom stereocenters. The molecule has 0 radical (unpaired) electrons. The first-order valence-corrected chi connectivity index (χ1v) is 25.4. The summed E-state index contributed by atoms with van der Waals surface area (Å²) in [6.45, 7) is 3.30. The molecule has 63 heavy (non-hydrogen) atoms. The normalized spacial score (nSPS) is 20.0. The number of aliphatic hydroxyl groups excluding tert-OH is 4. The molecule has 0 aromatic rings. The Labute approximate surface area is 383 Å². The van der Waals surface area contributed by atoms with E-state index >= 15 is 0 Å². The highest BCUT2D eigenvalue weighted by Gasteiger charge is 2.44. The highest BCUT2D eigenvalue weighted by atomic mass is 16.7. The predicted molar refractivity (Wildman–Crippen MR) is 256 cm³/mol. The number of unbranched alkanes of at least 4 members (excludes halogenated alkanes) is 21. The van der Waals surface area contributed by atoms with Gasteiger partial charge in [-0.15, -0.1) is 0 Å². The van der Waals surface area contributed by atoms with Crippen LogP contribution in [-0.2, 0) is 28.5 Å². The number of ether oxygens (including phenoxy) is 4. The van der Waals surface area contributed by atoms with E-state index in [1.54, 1.807) is 0 Å². The number of hydrogen-bond acceptors (Lipinski definition) is 10. The van der Waals surface area contributed by atoms with Gasteiger partial charge in [0.15, 0.2) is 12.4 Å². The fourth-order valence-corrected chi connectivity index (χ4v) is 7.41. The molecule has 0 saturated carbocycles. The number of carbonyl (C=O) groups excluding carboxylic acids is 2. The third kappa shape index (κ3) is 34.4. The SMILES string of the molecule is CC/C=C\C/C=C\C/C=C\C/C=C\CCCCCCCCCCCCC(=O)OC(COC(=O)CCCCCCC/C=C\CCCCCCCC)COC1OC(CO)C(O)C(O)C1O. The lowest BCUT2D eigenvalue weighted by atomic mass is 9.99. The Balaban J connectivity index is 2.26. The summed E-state index contributed by atoms with van der Waals surface area (Å²) in [7, 11) is 0. The largest absolute Gasteiger partial charge is 0.462 e. The van der Waals surface area contributed by atoms with Gasteiger partial charge in [-0.1, -0.05) is 177 Å². The van der Waals surface area contributed by atoms with Crippen LogP contribution in [0.4, 0.5) is 0 Å². The third-order valence-corrected chi connectivity index (χ3v) is 11.4. The minimum absolute atomic E-state index is 0.221. The van der Waals surface area contributed by atoms with Crippen LogP contribution in [-0.4, -0.2) is 89.0 Å². The maximum Gasteiger partial charge on any atom is 0.306 e. The lowest BCUT2D eigenvalue weighted by Gasteiger charge is -2.39. The van der Waals surface area contributed by atoms with Crippen LogP contribution >= 0.6 is 0 Å². The van der Waals surface area contributed by atoms with Gasteiger partial charge in [0, 0.05) is 12.8 Å². The molecule has 1 rings (SSSR count). The molecule has 0 amide bonds. The molecular formula is C53H92O10. The van der Waals surface area contributed by atoms with E-state index < -0.39 is 49.4 Å². The van der Waals surface area contributed by atoms with Crippen molar-refractivity contribution in [1.29, 1.82) is 0 Å². The minimum atomic E-state index is -1.60. The quantitative estimate of drug-likeness (QED) is 0.0265. The van der Waals surface area contributed by atoms with E-state index in [9.17, 15) is 30.0 Å². The van der Waals surface area contributed by atoms with Gasteiger partial charge in [0.25, 0.3) is 0 Å². The van der Waals surface area contributed by atoms with Crippen LogP contribution in [0.5, 0.6) is 0 Å². The standard InChI is InChI=1S/C53H92O10/c1-3-5-7-9-11-13-15-17-19-20-21-22-23-24-25-26-28-30-32-34-36-38-40-42-49(56)62-46(45-61-53-52(59)51(58)50(57)47(43-54)63-53)44-60-48(55)41-39-37-35-33-31-29-27-18-16-14-12-10-8-6-4-2/h5,7,11,13,17-19,21-22,27,46-47,50-54,57-59H,3-4,6,8-10,12,14-16,20,23-26,28-45H2,1-2H3/b7-5-,13-11-,19-17-,22-21-,27-18-. The van der Waals surface area contributed by atoms with Crippen LogP contribution in [0.15, 0.2) is 60.8 Å². The number of carbonyl (C=O) groups is 2. The van der Waals surface area contributed by atoms with Crippen LogP contribution < -0.4 is 0 Å². The third-order valence-electron chi connectivity index (χ3n) is 11.4. The Bertz CT molecular complexity index is 1210. The van der Waals surface area contributed by atoms with Gasteiger partial charge in [-0.3, -0.25) is 9.59 Å². The van der Waals surface area contributed by atoms with E-state index in [0.717, 1.165) is 83.5 Å². The maximum atomic E-state index is 12.8. The van der Waals surface area contributed by atoms with Crippen molar-refractivity contribution in [3.8, 4) is 0 Å². The van der Waals surface area contributed by atoms with Crippen molar-refractivity contribution >= 4 is 11.9 Å². The number of aliphatic hydroxyl groups is 4. The lowest BCUT2D eigenvalue weighted by molar-refractivity contribution is -0.305. The van der Waals surface area contributed by atoms with Crippen LogP contribution in [0.1, 0.15) is 206 Å². The molecule has 4 N–H and O–H groups in total. The average Bonchev–Trinajstić information content (AvgIpc) is 3.28. The van der Waals surface area contributed by atoms with E-state index in [1.807, 2.05) is 0 Å². The molecule has 0 aromatic carbocycles. The summed E-state index contributed by atoms with van der Waals surface area (Å²) in [5.74, 6) is -0.820. The van der Waals surface area contributed by atoms with E-state index in [0.29, 0.717) is 12.8 Å². The Hall–Kier alpha value is -2.60.